The van der Waals surface area contributed by atoms with E-state index in [2.05, 4.69) is 10.6 Å². The average molecular weight is 304 g/mol. The van der Waals surface area contributed by atoms with Gasteiger partial charge in [0.1, 0.15) is 6.04 Å². The zero-order chi connectivity index (χ0) is 16.1. The van der Waals surface area contributed by atoms with E-state index in [1.165, 1.54) is 14.0 Å². The van der Waals surface area contributed by atoms with Crippen LogP contribution in [-0.2, 0) is 14.3 Å². The molecule has 0 bridgehead atoms. The smallest absolute Gasteiger partial charge is 0.328 e. The maximum Gasteiger partial charge on any atom is 0.328 e. The van der Waals surface area contributed by atoms with Crippen LogP contribution in [-0.4, -0.2) is 30.9 Å². The normalized spacial score (nSPS) is 14.8. The first-order chi connectivity index (χ1) is 10.5. The van der Waals surface area contributed by atoms with Gasteiger partial charge in [-0.1, -0.05) is 18.9 Å². The van der Waals surface area contributed by atoms with Crippen LogP contribution in [0.5, 0.6) is 0 Å². The zero-order valence-corrected chi connectivity index (χ0v) is 12.7. The van der Waals surface area contributed by atoms with Crippen LogP contribution < -0.4 is 10.6 Å². The highest BCUT2D eigenvalue weighted by atomic mass is 16.5. The van der Waals surface area contributed by atoms with Crippen molar-refractivity contribution >= 4 is 23.5 Å². The molecule has 0 radical (unpaired) electrons. The second-order valence-electron chi connectivity index (χ2n) is 5.49. The van der Waals surface area contributed by atoms with Crippen molar-refractivity contribution in [2.75, 3.05) is 12.4 Å². The molecule has 2 rings (SSSR count). The summed E-state index contributed by atoms with van der Waals surface area (Å²) in [6, 6.07) is 5.94. The molecule has 6 nitrogen and oxygen atoms in total. The molecule has 0 aliphatic heterocycles. The van der Waals surface area contributed by atoms with Gasteiger partial charge in [0.15, 0.2) is 0 Å². The number of amides is 2. The Bertz CT molecular complexity index is 581. The Morgan fingerprint density at radius 1 is 1.32 bits per heavy atom. The van der Waals surface area contributed by atoms with Crippen LogP contribution in [0.2, 0.25) is 0 Å². The standard InChI is InChI=1S/C16H20N2O4/c1-10(19)17-13-5-3-4-12(9-13)15(20)18-14(16(21)22-2)8-11-6-7-11/h3-5,9,11,14H,6-8H2,1-2H3,(H,17,19)(H,18,20)/t14-/m1/s1. The largest absolute Gasteiger partial charge is 0.467 e. The highest BCUT2D eigenvalue weighted by Gasteiger charge is 2.31. The summed E-state index contributed by atoms with van der Waals surface area (Å²) in [5.41, 5.74) is 0.924. The lowest BCUT2D eigenvalue weighted by molar-refractivity contribution is -0.143. The fourth-order valence-electron chi connectivity index (χ4n) is 2.23. The molecule has 118 valence electrons. The molecule has 0 saturated heterocycles. The molecule has 0 heterocycles. The lowest BCUT2D eigenvalue weighted by atomic mass is 10.1. The average Bonchev–Trinajstić information content (AvgIpc) is 3.29. The number of benzene rings is 1. The molecule has 1 atom stereocenters. The Morgan fingerprint density at radius 2 is 2.05 bits per heavy atom. The lowest BCUT2D eigenvalue weighted by Gasteiger charge is -2.16. The molecule has 2 N–H and O–H groups in total. The number of carbonyl (C=O) groups is 3. The van der Waals surface area contributed by atoms with Gasteiger partial charge >= 0.3 is 5.97 Å². The molecule has 1 fully saturated rings. The van der Waals surface area contributed by atoms with Crippen LogP contribution in [0.4, 0.5) is 5.69 Å². The Kier molecular flexibility index (Phi) is 5.14. The van der Waals surface area contributed by atoms with Crippen LogP contribution in [0.3, 0.4) is 0 Å². The molecule has 1 saturated carbocycles. The van der Waals surface area contributed by atoms with Crippen LogP contribution >= 0.6 is 0 Å². The van der Waals surface area contributed by atoms with E-state index in [1.54, 1.807) is 24.3 Å². The number of ether oxygens (including phenoxy) is 1. The number of nitrogens with one attached hydrogen (secondary N) is 2. The number of esters is 1. The number of rotatable bonds is 6. The van der Waals surface area contributed by atoms with Gasteiger partial charge in [-0.05, 0) is 30.5 Å². The SMILES string of the molecule is COC(=O)[C@@H](CC1CC1)NC(=O)c1cccc(NC(C)=O)c1. The second kappa shape index (κ2) is 7.06. The monoisotopic (exact) mass is 304 g/mol. The zero-order valence-electron chi connectivity index (χ0n) is 12.7. The van der Waals surface area contributed by atoms with Crippen molar-refractivity contribution in [3.05, 3.63) is 29.8 Å². The summed E-state index contributed by atoms with van der Waals surface area (Å²) in [4.78, 5) is 35.1. The minimum Gasteiger partial charge on any atom is -0.467 e. The maximum atomic E-state index is 12.3. The van der Waals surface area contributed by atoms with E-state index in [4.69, 9.17) is 4.74 Å². The van der Waals surface area contributed by atoms with Crippen molar-refractivity contribution in [1.29, 1.82) is 0 Å². The number of hydrogen-bond donors (Lipinski definition) is 2. The minimum absolute atomic E-state index is 0.210. The summed E-state index contributed by atoms with van der Waals surface area (Å²) >= 11 is 0. The molecule has 1 aromatic carbocycles. The maximum absolute atomic E-state index is 12.3. The van der Waals surface area contributed by atoms with Gasteiger partial charge in [0.05, 0.1) is 7.11 Å². The summed E-state index contributed by atoms with van der Waals surface area (Å²) < 4.78 is 4.74. The molecular weight excluding hydrogens is 284 g/mol. The number of hydrogen-bond acceptors (Lipinski definition) is 4. The number of carbonyl (C=O) groups excluding carboxylic acids is 3. The molecule has 0 spiro atoms. The number of anilines is 1. The van der Waals surface area contributed by atoms with Crippen LogP contribution in [0.15, 0.2) is 24.3 Å². The third-order valence-electron chi connectivity index (χ3n) is 3.50. The number of methoxy groups -OCH3 is 1. The van der Waals surface area contributed by atoms with E-state index < -0.39 is 12.0 Å². The van der Waals surface area contributed by atoms with E-state index in [1.807, 2.05) is 0 Å². The van der Waals surface area contributed by atoms with Crippen molar-refractivity contribution in [3.8, 4) is 0 Å². The van der Waals surface area contributed by atoms with Crippen molar-refractivity contribution in [2.45, 2.75) is 32.2 Å². The topological polar surface area (TPSA) is 84.5 Å². The fraction of sp³-hybridized carbons (Fsp3) is 0.438. The Hall–Kier alpha value is -2.37. The molecule has 0 unspecified atom stereocenters. The predicted molar refractivity (Wildman–Crippen MR) is 81.4 cm³/mol. The molecule has 22 heavy (non-hydrogen) atoms. The first kappa shape index (κ1) is 16.0. The van der Waals surface area contributed by atoms with Crippen molar-refractivity contribution < 1.29 is 19.1 Å². The third kappa shape index (κ3) is 4.58. The van der Waals surface area contributed by atoms with E-state index >= 15 is 0 Å². The van der Waals surface area contributed by atoms with Crippen molar-refractivity contribution in [3.63, 3.8) is 0 Å². The van der Waals surface area contributed by atoms with Crippen molar-refractivity contribution in [1.82, 2.24) is 5.32 Å². The highest BCUT2D eigenvalue weighted by molar-refractivity contribution is 5.98. The fourth-order valence-corrected chi connectivity index (χ4v) is 2.23. The molecular formula is C16H20N2O4. The predicted octanol–water partition coefficient (Wildman–Crippen LogP) is 1.72. The molecule has 1 aromatic rings. The van der Waals surface area contributed by atoms with Crippen LogP contribution in [0.25, 0.3) is 0 Å². The second-order valence-corrected chi connectivity index (χ2v) is 5.49. The van der Waals surface area contributed by atoms with Gasteiger partial charge in [-0.2, -0.15) is 0 Å². The third-order valence-corrected chi connectivity index (χ3v) is 3.50. The van der Waals surface area contributed by atoms with Gasteiger partial charge in [-0.3, -0.25) is 9.59 Å². The molecule has 0 aromatic heterocycles. The minimum atomic E-state index is -0.630. The van der Waals surface area contributed by atoms with E-state index in [0.717, 1.165) is 12.8 Å². The summed E-state index contributed by atoms with van der Waals surface area (Å²) in [5.74, 6) is -0.518. The molecule has 6 heteroatoms. The van der Waals surface area contributed by atoms with Crippen LogP contribution in [0, 0.1) is 5.92 Å². The summed E-state index contributed by atoms with van der Waals surface area (Å²) in [6.45, 7) is 1.40. The summed E-state index contributed by atoms with van der Waals surface area (Å²) in [5, 5.41) is 5.33. The van der Waals surface area contributed by atoms with Gasteiger partial charge in [-0.15, -0.1) is 0 Å². The Balaban J connectivity index is 2.05. The van der Waals surface area contributed by atoms with Gasteiger partial charge in [0.2, 0.25) is 5.91 Å². The first-order valence-electron chi connectivity index (χ1n) is 7.26. The van der Waals surface area contributed by atoms with E-state index in [9.17, 15) is 14.4 Å². The van der Waals surface area contributed by atoms with E-state index in [-0.39, 0.29) is 11.8 Å². The highest BCUT2D eigenvalue weighted by Crippen LogP contribution is 2.33. The van der Waals surface area contributed by atoms with Crippen LogP contribution in [0.1, 0.15) is 36.5 Å². The van der Waals surface area contributed by atoms with Gasteiger partial charge in [0, 0.05) is 18.2 Å². The summed E-state index contributed by atoms with van der Waals surface area (Å²) in [6.07, 6.45) is 2.77. The first-order valence-corrected chi connectivity index (χ1v) is 7.26. The van der Waals surface area contributed by atoms with Gasteiger partial charge < -0.3 is 15.4 Å². The van der Waals surface area contributed by atoms with Gasteiger partial charge in [-0.25, -0.2) is 4.79 Å². The Morgan fingerprint density at radius 3 is 2.64 bits per heavy atom. The van der Waals surface area contributed by atoms with Gasteiger partial charge in [0.25, 0.3) is 5.91 Å². The van der Waals surface area contributed by atoms with Crippen molar-refractivity contribution in [2.24, 2.45) is 5.92 Å². The quantitative estimate of drug-likeness (QED) is 0.784. The molecule has 1 aliphatic rings. The summed E-state index contributed by atoms with van der Waals surface area (Å²) in [7, 11) is 1.31. The Labute approximate surface area is 129 Å². The van der Waals surface area contributed by atoms with E-state index in [0.29, 0.717) is 23.6 Å². The molecule has 1 aliphatic carbocycles. The lowest BCUT2D eigenvalue weighted by Crippen LogP contribution is -2.41. The molecule has 2 amide bonds.